The summed E-state index contributed by atoms with van der Waals surface area (Å²) >= 11 is 2.35. The Bertz CT molecular complexity index is 407. The lowest BCUT2D eigenvalue weighted by Gasteiger charge is -2.39. The van der Waals surface area contributed by atoms with Gasteiger partial charge >= 0.3 is 0 Å². The van der Waals surface area contributed by atoms with Crippen molar-refractivity contribution < 1.29 is 4.74 Å². The van der Waals surface area contributed by atoms with Gasteiger partial charge in [0.1, 0.15) is 0 Å². The Morgan fingerprint density at radius 1 is 1.35 bits per heavy atom. The fourth-order valence-corrected chi connectivity index (χ4v) is 3.06. The van der Waals surface area contributed by atoms with Crippen LogP contribution in [-0.4, -0.2) is 49.8 Å². The number of morpholine rings is 1. The Morgan fingerprint density at radius 2 is 2.05 bits per heavy atom. The van der Waals surface area contributed by atoms with Gasteiger partial charge in [-0.15, -0.1) is 0 Å². The van der Waals surface area contributed by atoms with Crippen LogP contribution in [0.1, 0.15) is 19.4 Å². The zero-order chi connectivity index (χ0) is 14.5. The Hall–Kier alpha value is -0.170. The van der Waals surface area contributed by atoms with Crippen molar-refractivity contribution in [2.75, 3.05) is 26.7 Å². The van der Waals surface area contributed by atoms with E-state index < -0.39 is 0 Å². The van der Waals surface area contributed by atoms with Gasteiger partial charge in [-0.2, -0.15) is 0 Å². The maximum absolute atomic E-state index is 6.00. The Labute approximate surface area is 136 Å². The first-order chi connectivity index (χ1) is 9.60. The van der Waals surface area contributed by atoms with Gasteiger partial charge in [0.05, 0.1) is 12.7 Å². The molecule has 1 aromatic rings. The number of hydrogen-bond acceptors (Lipinski definition) is 3. The molecule has 3 nitrogen and oxygen atoms in total. The first kappa shape index (κ1) is 16.2. The molecule has 2 atom stereocenters. The van der Waals surface area contributed by atoms with Crippen molar-refractivity contribution in [2.24, 2.45) is 0 Å². The van der Waals surface area contributed by atoms with E-state index in [1.54, 1.807) is 0 Å². The highest BCUT2D eigenvalue weighted by Crippen LogP contribution is 2.16. The first-order valence-electron chi connectivity index (χ1n) is 7.37. The maximum Gasteiger partial charge on any atom is 0.0858 e. The molecular formula is C16H25IN2O. The summed E-state index contributed by atoms with van der Waals surface area (Å²) in [5, 5.41) is 3.44. The zero-order valence-corrected chi connectivity index (χ0v) is 14.8. The van der Waals surface area contributed by atoms with Crippen molar-refractivity contribution >= 4 is 22.6 Å². The molecule has 1 aliphatic heterocycles. The number of rotatable bonds is 5. The highest BCUT2D eigenvalue weighted by atomic mass is 127. The largest absolute Gasteiger partial charge is 0.374 e. The lowest BCUT2D eigenvalue weighted by molar-refractivity contribution is -0.0541. The van der Waals surface area contributed by atoms with Crippen molar-refractivity contribution in [3.63, 3.8) is 0 Å². The molecule has 0 bridgehead atoms. The van der Waals surface area contributed by atoms with Crippen LogP contribution in [0.25, 0.3) is 0 Å². The zero-order valence-electron chi connectivity index (χ0n) is 12.6. The van der Waals surface area contributed by atoms with Crippen LogP contribution in [0.5, 0.6) is 0 Å². The predicted octanol–water partition coefficient (Wildman–Crippen LogP) is 2.53. The summed E-state index contributed by atoms with van der Waals surface area (Å²) < 4.78 is 7.29. The van der Waals surface area contributed by atoms with E-state index in [1.165, 1.54) is 9.13 Å². The van der Waals surface area contributed by atoms with E-state index in [2.05, 4.69) is 70.9 Å². The fraction of sp³-hybridized carbons (Fsp3) is 0.625. The predicted molar refractivity (Wildman–Crippen MR) is 92.2 cm³/mol. The van der Waals surface area contributed by atoms with Crippen LogP contribution in [0, 0.1) is 3.57 Å². The summed E-state index contributed by atoms with van der Waals surface area (Å²) in [6.07, 6.45) is 1.29. The van der Waals surface area contributed by atoms with Crippen LogP contribution in [0.15, 0.2) is 24.3 Å². The summed E-state index contributed by atoms with van der Waals surface area (Å²) in [7, 11) is 2.04. The van der Waals surface area contributed by atoms with Crippen LogP contribution in [0.3, 0.4) is 0 Å². The third-order valence-corrected chi connectivity index (χ3v) is 4.76. The van der Waals surface area contributed by atoms with E-state index in [-0.39, 0.29) is 6.10 Å². The molecule has 2 rings (SSSR count). The van der Waals surface area contributed by atoms with Crippen molar-refractivity contribution in [1.29, 1.82) is 0 Å². The highest BCUT2D eigenvalue weighted by Gasteiger charge is 2.28. The summed E-state index contributed by atoms with van der Waals surface area (Å²) in [5.74, 6) is 0. The fourth-order valence-electron chi connectivity index (χ4n) is 2.70. The Kier molecular flexibility index (Phi) is 6.26. The van der Waals surface area contributed by atoms with Gasteiger partial charge in [0.15, 0.2) is 0 Å². The second kappa shape index (κ2) is 7.73. The molecule has 0 radical (unpaired) electrons. The smallest absolute Gasteiger partial charge is 0.0858 e. The summed E-state index contributed by atoms with van der Waals surface area (Å²) in [6, 6.07) is 9.74. The lowest BCUT2D eigenvalue weighted by Crippen LogP contribution is -2.53. The molecule has 1 aromatic carbocycles. The quantitative estimate of drug-likeness (QED) is 0.785. The number of halogens is 1. The van der Waals surface area contributed by atoms with Crippen LogP contribution in [0.2, 0.25) is 0 Å². The van der Waals surface area contributed by atoms with Gasteiger partial charge in [0.2, 0.25) is 0 Å². The maximum atomic E-state index is 6.00. The van der Waals surface area contributed by atoms with Gasteiger partial charge in [0, 0.05) is 28.7 Å². The van der Waals surface area contributed by atoms with Gasteiger partial charge in [-0.1, -0.05) is 12.1 Å². The van der Waals surface area contributed by atoms with Gasteiger partial charge < -0.3 is 10.1 Å². The molecule has 0 aromatic heterocycles. The van der Waals surface area contributed by atoms with E-state index in [0.29, 0.717) is 12.1 Å². The van der Waals surface area contributed by atoms with E-state index in [0.717, 1.165) is 26.1 Å². The number of ether oxygens (including phenoxy) is 1. The minimum Gasteiger partial charge on any atom is -0.374 e. The molecule has 0 amide bonds. The molecule has 1 N–H and O–H groups in total. The molecule has 1 saturated heterocycles. The van der Waals surface area contributed by atoms with E-state index in [1.807, 2.05) is 7.05 Å². The number of hydrogen-bond donors (Lipinski definition) is 1. The Morgan fingerprint density at radius 3 is 2.65 bits per heavy atom. The average molecular weight is 388 g/mol. The van der Waals surface area contributed by atoms with Crippen LogP contribution in [-0.2, 0) is 11.2 Å². The molecule has 4 heteroatoms. The molecule has 1 fully saturated rings. The third-order valence-electron chi connectivity index (χ3n) is 4.04. The van der Waals surface area contributed by atoms with Crippen molar-refractivity contribution in [1.82, 2.24) is 10.2 Å². The van der Waals surface area contributed by atoms with Crippen molar-refractivity contribution in [2.45, 2.75) is 38.5 Å². The molecule has 2 unspecified atom stereocenters. The molecule has 0 saturated carbocycles. The average Bonchev–Trinajstić information content (AvgIpc) is 2.46. The molecule has 0 aliphatic carbocycles. The van der Waals surface area contributed by atoms with Crippen molar-refractivity contribution in [3.05, 3.63) is 33.4 Å². The topological polar surface area (TPSA) is 24.5 Å². The summed E-state index contributed by atoms with van der Waals surface area (Å²) in [4.78, 5) is 2.51. The third kappa shape index (κ3) is 4.41. The lowest BCUT2D eigenvalue weighted by atomic mass is 10.00. The van der Waals surface area contributed by atoms with Gasteiger partial charge in [0.25, 0.3) is 0 Å². The molecule has 112 valence electrons. The Balaban J connectivity index is 1.98. The monoisotopic (exact) mass is 388 g/mol. The minimum atomic E-state index is 0.274. The molecule has 20 heavy (non-hydrogen) atoms. The second-order valence-electron chi connectivity index (χ2n) is 5.72. The highest BCUT2D eigenvalue weighted by molar-refractivity contribution is 14.1. The molecule has 1 heterocycles. The van der Waals surface area contributed by atoms with Gasteiger partial charge in [-0.25, -0.2) is 0 Å². The van der Waals surface area contributed by atoms with E-state index in [9.17, 15) is 0 Å². The van der Waals surface area contributed by atoms with Gasteiger partial charge in [-0.05, 0) is 67.6 Å². The van der Waals surface area contributed by atoms with E-state index in [4.69, 9.17) is 4.74 Å². The molecule has 1 aliphatic rings. The normalized spacial score (nSPS) is 22.1. The van der Waals surface area contributed by atoms with E-state index >= 15 is 0 Å². The van der Waals surface area contributed by atoms with Crippen LogP contribution in [0.4, 0.5) is 0 Å². The summed E-state index contributed by atoms with van der Waals surface area (Å²) in [6.45, 7) is 7.43. The number of nitrogens with zero attached hydrogens (tertiary/aromatic N) is 1. The second-order valence-corrected chi connectivity index (χ2v) is 6.97. The minimum absolute atomic E-state index is 0.274. The number of likely N-dealkylation sites (N-methyl/N-ethyl adjacent to an activating group) is 1. The van der Waals surface area contributed by atoms with Gasteiger partial charge in [-0.3, -0.25) is 4.90 Å². The first-order valence-corrected chi connectivity index (χ1v) is 8.45. The van der Waals surface area contributed by atoms with Crippen LogP contribution >= 0.6 is 22.6 Å². The number of benzene rings is 1. The molecule has 0 spiro atoms. The molecular weight excluding hydrogens is 363 g/mol. The standard InChI is InChI=1S/C16H25IN2O/c1-12(2)19-8-9-20-16(11-19)15(18-3)10-13-4-6-14(17)7-5-13/h4-7,12,15-16,18H,8-11H2,1-3H3. The van der Waals surface area contributed by atoms with Crippen molar-refractivity contribution in [3.8, 4) is 0 Å². The number of nitrogens with one attached hydrogen (secondary N) is 1. The van der Waals surface area contributed by atoms with Crippen LogP contribution < -0.4 is 5.32 Å². The SMILES string of the molecule is CNC(Cc1ccc(I)cc1)C1CN(C(C)C)CCO1. The summed E-state index contributed by atoms with van der Waals surface area (Å²) in [5.41, 5.74) is 1.37.